The quantitative estimate of drug-likeness (QED) is 0.290. The lowest BCUT2D eigenvalue weighted by Gasteiger charge is -2.57. The van der Waals surface area contributed by atoms with E-state index in [1.54, 1.807) is 0 Å². The van der Waals surface area contributed by atoms with Crippen molar-refractivity contribution in [3.05, 3.63) is 0 Å². The molecule has 4 aliphatic carbocycles. The third-order valence-electron chi connectivity index (χ3n) is 8.20. The average Bonchev–Trinajstić information content (AvgIpc) is 3.20. The fourth-order valence-electron chi connectivity index (χ4n) is 6.64. The minimum absolute atomic E-state index is 0. The summed E-state index contributed by atoms with van der Waals surface area (Å²) in [6.07, 6.45) is 13.4. The van der Waals surface area contributed by atoms with Crippen molar-refractivity contribution in [3.63, 3.8) is 0 Å². The molecule has 3 N–H and O–H groups in total. The van der Waals surface area contributed by atoms with Crippen LogP contribution < -0.4 is 16.0 Å². The van der Waals surface area contributed by atoms with Gasteiger partial charge in [-0.05, 0) is 58.3 Å². The molecule has 1 heterocycles. The maximum Gasteiger partial charge on any atom is 0.223 e. The fourth-order valence-corrected chi connectivity index (χ4v) is 6.64. The van der Waals surface area contributed by atoms with E-state index in [4.69, 9.17) is 9.73 Å². The van der Waals surface area contributed by atoms with Crippen LogP contribution in [0, 0.1) is 17.3 Å². The van der Waals surface area contributed by atoms with Crippen LogP contribution in [0.1, 0.15) is 77.6 Å². The number of carbonyl (C=O) groups excluding carboxylic acids is 1. The zero-order valence-electron chi connectivity index (χ0n) is 18.3. The van der Waals surface area contributed by atoms with Crippen molar-refractivity contribution in [2.45, 2.75) is 102 Å². The van der Waals surface area contributed by atoms with Gasteiger partial charge in [0.25, 0.3) is 0 Å². The number of nitrogens with zero attached hydrogens (tertiary/aromatic N) is 1. The van der Waals surface area contributed by atoms with Crippen LogP contribution in [0.4, 0.5) is 0 Å². The summed E-state index contributed by atoms with van der Waals surface area (Å²) in [5.74, 6) is 2.03. The molecule has 0 bridgehead atoms. The SMILES string of the molecule is CCN=C(NC1CCCC(C(=O)NC2CC2)C1)NC1C2CCOC2C12CCCC2.I. The summed E-state index contributed by atoms with van der Waals surface area (Å²) in [6.45, 7) is 3.80. The number of aliphatic imine (C=N–C) groups is 1. The zero-order valence-corrected chi connectivity index (χ0v) is 20.7. The van der Waals surface area contributed by atoms with Crippen molar-refractivity contribution in [2.24, 2.45) is 22.2 Å². The summed E-state index contributed by atoms with van der Waals surface area (Å²) in [5, 5.41) is 10.8. The highest BCUT2D eigenvalue weighted by molar-refractivity contribution is 14.0. The Balaban J connectivity index is 0.00000218. The number of rotatable bonds is 5. The van der Waals surface area contributed by atoms with Gasteiger partial charge in [-0.3, -0.25) is 9.79 Å². The Kier molecular flexibility index (Phi) is 7.17. The summed E-state index contributed by atoms with van der Waals surface area (Å²) >= 11 is 0. The Labute approximate surface area is 198 Å². The molecule has 5 aliphatic rings. The van der Waals surface area contributed by atoms with Crippen LogP contribution in [0.5, 0.6) is 0 Å². The summed E-state index contributed by atoms with van der Waals surface area (Å²) in [5.41, 5.74) is 0.330. The molecule has 0 aromatic rings. The Bertz CT molecular complexity index is 647. The minimum Gasteiger partial charge on any atom is -0.377 e. The van der Waals surface area contributed by atoms with Crippen LogP contribution in [0.25, 0.3) is 0 Å². The Morgan fingerprint density at radius 2 is 1.80 bits per heavy atom. The van der Waals surface area contributed by atoms with Gasteiger partial charge in [0.05, 0.1) is 6.10 Å². The normalized spacial score (nSPS) is 37.1. The van der Waals surface area contributed by atoms with E-state index >= 15 is 0 Å². The first-order valence-electron chi connectivity index (χ1n) is 12.2. The lowest BCUT2D eigenvalue weighted by atomic mass is 9.54. The summed E-state index contributed by atoms with van der Waals surface area (Å²) in [6, 6.07) is 1.29. The van der Waals surface area contributed by atoms with Crippen molar-refractivity contribution in [1.82, 2.24) is 16.0 Å². The number of carbonyl (C=O) groups is 1. The number of halogens is 1. The van der Waals surface area contributed by atoms with Gasteiger partial charge >= 0.3 is 0 Å². The molecule has 5 fully saturated rings. The number of hydrogen-bond acceptors (Lipinski definition) is 3. The van der Waals surface area contributed by atoms with E-state index in [1.807, 2.05) is 0 Å². The highest BCUT2D eigenvalue weighted by Gasteiger charge is 2.65. The first-order chi connectivity index (χ1) is 14.2. The minimum atomic E-state index is 0. The largest absolute Gasteiger partial charge is 0.377 e. The van der Waals surface area contributed by atoms with Crippen LogP contribution in [-0.2, 0) is 9.53 Å². The van der Waals surface area contributed by atoms with Gasteiger partial charge in [-0.15, -0.1) is 24.0 Å². The Morgan fingerprint density at radius 1 is 1.00 bits per heavy atom. The molecule has 1 spiro atoms. The molecule has 4 saturated carbocycles. The Hall–Kier alpha value is -0.570. The van der Waals surface area contributed by atoms with E-state index in [9.17, 15) is 4.79 Å². The summed E-state index contributed by atoms with van der Waals surface area (Å²) < 4.78 is 6.14. The van der Waals surface area contributed by atoms with E-state index in [-0.39, 0.29) is 35.8 Å². The maximum absolute atomic E-state index is 12.5. The van der Waals surface area contributed by atoms with Crippen molar-refractivity contribution in [1.29, 1.82) is 0 Å². The first-order valence-corrected chi connectivity index (χ1v) is 12.2. The average molecular weight is 530 g/mol. The van der Waals surface area contributed by atoms with E-state index in [1.165, 1.54) is 32.1 Å². The van der Waals surface area contributed by atoms with Crippen LogP contribution in [-0.4, -0.2) is 49.2 Å². The molecule has 5 rings (SSSR count). The molecule has 0 aromatic carbocycles. The van der Waals surface area contributed by atoms with Gasteiger partial charge in [0.15, 0.2) is 5.96 Å². The van der Waals surface area contributed by atoms with Crippen molar-refractivity contribution < 1.29 is 9.53 Å². The second kappa shape index (κ2) is 9.51. The van der Waals surface area contributed by atoms with Crippen LogP contribution in [0.3, 0.4) is 0 Å². The van der Waals surface area contributed by atoms with Gasteiger partial charge in [0.2, 0.25) is 5.91 Å². The van der Waals surface area contributed by atoms with E-state index in [0.29, 0.717) is 35.6 Å². The van der Waals surface area contributed by atoms with Crippen molar-refractivity contribution in [2.75, 3.05) is 13.2 Å². The van der Waals surface area contributed by atoms with Gasteiger partial charge < -0.3 is 20.7 Å². The molecular formula is C23H39IN4O2. The molecule has 5 unspecified atom stereocenters. The zero-order chi connectivity index (χ0) is 19.8. The number of hydrogen-bond donors (Lipinski definition) is 3. The van der Waals surface area contributed by atoms with Gasteiger partial charge in [-0.2, -0.15) is 0 Å². The standard InChI is InChI=1S/C23H38N4O2.HI/c1-2-24-22(26-17-7-5-6-15(14-17)21(28)25-16-8-9-16)27-19-18-10-13-29-20(18)23(19)11-3-4-12-23;/h15-20H,2-14H2,1H3,(H,25,28)(H2,24,26,27);1H. The number of guanidine groups is 1. The molecule has 170 valence electrons. The van der Waals surface area contributed by atoms with Crippen LogP contribution in [0.15, 0.2) is 4.99 Å². The second-order valence-corrected chi connectivity index (χ2v) is 10.1. The lowest BCUT2D eigenvalue weighted by Crippen LogP contribution is -2.69. The highest BCUT2D eigenvalue weighted by Crippen LogP contribution is 2.60. The van der Waals surface area contributed by atoms with Crippen LogP contribution in [0.2, 0.25) is 0 Å². The monoisotopic (exact) mass is 530 g/mol. The van der Waals surface area contributed by atoms with E-state index in [2.05, 4.69) is 22.9 Å². The Morgan fingerprint density at radius 3 is 2.53 bits per heavy atom. The maximum atomic E-state index is 12.5. The van der Waals surface area contributed by atoms with E-state index in [0.717, 1.165) is 57.6 Å². The molecule has 1 amide bonds. The highest BCUT2D eigenvalue weighted by atomic mass is 127. The first kappa shape index (κ1) is 22.6. The third-order valence-corrected chi connectivity index (χ3v) is 8.20. The molecule has 7 heteroatoms. The van der Waals surface area contributed by atoms with E-state index < -0.39 is 0 Å². The molecule has 30 heavy (non-hydrogen) atoms. The summed E-state index contributed by atoms with van der Waals surface area (Å²) in [7, 11) is 0. The fraction of sp³-hybridized carbons (Fsp3) is 0.913. The number of nitrogens with one attached hydrogen (secondary N) is 3. The third kappa shape index (κ3) is 4.34. The van der Waals surface area contributed by atoms with Crippen molar-refractivity contribution in [3.8, 4) is 0 Å². The van der Waals surface area contributed by atoms with Gasteiger partial charge in [-0.25, -0.2) is 0 Å². The van der Waals surface area contributed by atoms with Gasteiger partial charge in [0.1, 0.15) is 0 Å². The van der Waals surface area contributed by atoms with Gasteiger partial charge in [0, 0.05) is 48.5 Å². The summed E-state index contributed by atoms with van der Waals surface area (Å²) in [4.78, 5) is 17.3. The number of fused-ring (bicyclic) bond motifs is 2. The van der Waals surface area contributed by atoms with Crippen molar-refractivity contribution >= 4 is 35.8 Å². The smallest absolute Gasteiger partial charge is 0.223 e. The molecule has 1 aliphatic heterocycles. The molecular weight excluding hydrogens is 491 g/mol. The molecule has 6 nitrogen and oxygen atoms in total. The van der Waals surface area contributed by atoms with Gasteiger partial charge in [-0.1, -0.05) is 19.3 Å². The number of ether oxygens (including phenoxy) is 1. The lowest BCUT2D eigenvalue weighted by molar-refractivity contribution is -0.126. The topological polar surface area (TPSA) is 74.8 Å². The molecule has 0 aromatic heterocycles. The number of amides is 1. The molecule has 5 atom stereocenters. The molecule has 1 saturated heterocycles. The molecule has 0 radical (unpaired) electrons. The second-order valence-electron chi connectivity index (χ2n) is 10.1. The van der Waals surface area contributed by atoms with Crippen LogP contribution >= 0.6 is 24.0 Å². The predicted molar refractivity (Wildman–Crippen MR) is 129 cm³/mol. The predicted octanol–water partition coefficient (Wildman–Crippen LogP) is 3.34.